The van der Waals surface area contributed by atoms with Crippen molar-refractivity contribution in [3.63, 3.8) is 0 Å². The van der Waals surface area contributed by atoms with E-state index in [4.69, 9.17) is 5.73 Å². The Morgan fingerprint density at radius 1 is 1.65 bits per heavy atom. The van der Waals surface area contributed by atoms with Gasteiger partial charge in [-0.15, -0.1) is 0 Å². The average molecular weight is 235 g/mol. The number of carbonyl (C=O) groups excluding carboxylic acids is 1. The Morgan fingerprint density at radius 2 is 2.29 bits per heavy atom. The van der Waals surface area contributed by atoms with Crippen molar-refractivity contribution in [3.8, 4) is 0 Å². The van der Waals surface area contributed by atoms with E-state index in [9.17, 15) is 4.79 Å². The summed E-state index contributed by atoms with van der Waals surface area (Å²) in [4.78, 5) is 12.0. The van der Waals surface area contributed by atoms with Gasteiger partial charge in [0.25, 0.3) is 5.91 Å². The van der Waals surface area contributed by atoms with Crippen LogP contribution in [0, 0.1) is 11.8 Å². The van der Waals surface area contributed by atoms with Gasteiger partial charge >= 0.3 is 0 Å². The molecule has 0 radical (unpaired) electrons. The molecule has 2 rings (SSSR count). The van der Waals surface area contributed by atoms with Crippen LogP contribution in [0.25, 0.3) is 0 Å². The second kappa shape index (κ2) is 4.43. The van der Waals surface area contributed by atoms with Crippen molar-refractivity contribution in [1.29, 1.82) is 0 Å². The molecule has 2 unspecified atom stereocenters. The Morgan fingerprint density at radius 3 is 2.82 bits per heavy atom. The van der Waals surface area contributed by atoms with Crippen LogP contribution in [0.15, 0.2) is 12.3 Å². The van der Waals surface area contributed by atoms with E-state index in [-0.39, 0.29) is 11.9 Å². The third-order valence-corrected chi connectivity index (χ3v) is 3.46. The molecule has 1 aliphatic rings. The highest BCUT2D eigenvalue weighted by atomic mass is 16.1. The zero-order valence-corrected chi connectivity index (χ0v) is 10.7. The molecule has 3 N–H and O–H groups in total. The lowest BCUT2D eigenvalue weighted by Gasteiger charge is -2.12. The number of nitrogens with two attached hydrogens (primary N) is 1. The van der Waals surface area contributed by atoms with E-state index in [2.05, 4.69) is 12.2 Å². The van der Waals surface area contributed by atoms with Crippen LogP contribution in [0.4, 0.5) is 5.69 Å². The molecule has 1 amide bonds. The van der Waals surface area contributed by atoms with E-state index in [0.29, 0.717) is 17.3 Å². The average Bonchev–Trinajstić information content (AvgIpc) is 2.80. The minimum absolute atomic E-state index is 0.0190. The minimum Gasteiger partial charge on any atom is -0.397 e. The molecule has 0 aromatic carbocycles. The third kappa shape index (κ3) is 2.62. The van der Waals surface area contributed by atoms with Gasteiger partial charge in [0.2, 0.25) is 0 Å². The van der Waals surface area contributed by atoms with Crippen molar-refractivity contribution >= 4 is 11.6 Å². The van der Waals surface area contributed by atoms with Gasteiger partial charge in [0.1, 0.15) is 5.69 Å². The lowest BCUT2D eigenvalue weighted by atomic mass is 10.3. The SMILES string of the molecule is CC1CC1CNC(=O)c1cc(N)cn1C(C)C. The largest absolute Gasteiger partial charge is 0.397 e. The number of hydrogen-bond acceptors (Lipinski definition) is 2. The number of carbonyl (C=O) groups is 1. The normalized spacial score (nSPS) is 22.8. The van der Waals surface area contributed by atoms with E-state index in [1.54, 1.807) is 6.07 Å². The number of nitrogens with one attached hydrogen (secondary N) is 1. The lowest BCUT2D eigenvalue weighted by molar-refractivity contribution is 0.0940. The third-order valence-electron chi connectivity index (χ3n) is 3.46. The van der Waals surface area contributed by atoms with Gasteiger partial charge < -0.3 is 15.6 Å². The maximum atomic E-state index is 12.0. The quantitative estimate of drug-likeness (QED) is 0.839. The highest BCUT2D eigenvalue weighted by Gasteiger charge is 2.32. The highest BCUT2D eigenvalue weighted by molar-refractivity contribution is 5.93. The van der Waals surface area contributed by atoms with Gasteiger partial charge in [-0.1, -0.05) is 6.92 Å². The zero-order chi connectivity index (χ0) is 12.6. The first kappa shape index (κ1) is 12.0. The van der Waals surface area contributed by atoms with Crippen LogP contribution >= 0.6 is 0 Å². The fourth-order valence-corrected chi connectivity index (χ4v) is 2.11. The Hall–Kier alpha value is -1.45. The van der Waals surface area contributed by atoms with Gasteiger partial charge in [-0.3, -0.25) is 4.79 Å². The molecule has 1 saturated carbocycles. The van der Waals surface area contributed by atoms with Crippen molar-refractivity contribution < 1.29 is 4.79 Å². The molecule has 0 aliphatic heterocycles. The summed E-state index contributed by atoms with van der Waals surface area (Å²) < 4.78 is 1.92. The van der Waals surface area contributed by atoms with Crippen LogP contribution in [0.2, 0.25) is 0 Å². The van der Waals surface area contributed by atoms with E-state index in [0.717, 1.165) is 12.5 Å². The van der Waals surface area contributed by atoms with Crippen LogP contribution < -0.4 is 11.1 Å². The summed E-state index contributed by atoms with van der Waals surface area (Å²) in [6, 6.07) is 1.99. The molecule has 4 nitrogen and oxygen atoms in total. The standard InChI is InChI=1S/C13H21N3O/c1-8(2)16-7-11(14)5-12(16)13(17)15-6-10-4-9(10)3/h5,7-10H,4,6,14H2,1-3H3,(H,15,17). The summed E-state index contributed by atoms with van der Waals surface area (Å²) >= 11 is 0. The fraction of sp³-hybridized carbons (Fsp3) is 0.615. The second-order valence-corrected chi connectivity index (χ2v) is 5.34. The Kier molecular flexibility index (Phi) is 3.13. The summed E-state index contributed by atoms with van der Waals surface area (Å²) in [5, 5.41) is 2.98. The predicted octanol–water partition coefficient (Wildman–Crippen LogP) is 2.04. The molecule has 0 bridgehead atoms. The number of aromatic nitrogens is 1. The number of hydrogen-bond donors (Lipinski definition) is 2. The Balaban J connectivity index is 2.02. The van der Waals surface area contributed by atoms with Crippen molar-refractivity contribution in [1.82, 2.24) is 9.88 Å². The van der Waals surface area contributed by atoms with Gasteiger partial charge in [-0.05, 0) is 38.2 Å². The van der Waals surface area contributed by atoms with Crippen LogP contribution in [-0.4, -0.2) is 17.0 Å². The van der Waals surface area contributed by atoms with Crippen molar-refractivity contribution in [2.24, 2.45) is 11.8 Å². The molecule has 94 valence electrons. The van der Waals surface area contributed by atoms with Gasteiger partial charge in [-0.2, -0.15) is 0 Å². The number of nitrogen functional groups attached to an aromatic ring is 1. The summed E-state index contributed by atoms with van der Waals surface area (Å²) in [6.45, 7) is 7.08. The number of anilines is 1. The number of amides is 1. The molecule has 1 aliphatic carbocycles. The summed E-state index contributed by atoms with van der Waals surface area (Å²) in [6.07, 6.45) is 3.05. The first-order chi connectivity index (χ1) is 7.99. The van der Waals surface area contributed by atoms with Crippen LogP contribution in [-0.2, 0) is 0 Å². The van der Waals surface area contributed by atoms with E-state index >= 15 is 0 Å². The molecule has 4 heteroatoms. The van der Waals surface area contributed by atoms with Crippen LogP contribution in [0.5, 0.6) is 0 Å². The summed E-state index contributed by atoms with van der Waals surface area (Å²) in [5.41, 5.74) is 7.04. The van der Waals surface area contributed by atoms with Gasteiger partial charge in [0.15, 0.2) is 0 Å². The van der Waals surface area contributed by atoms with Gasteiger partial charge in [-0.25, -0.2) is 0 Å². The van der Waals surface area contributed by atoms with E-state index in [1.807, 2.05) is 24.6 Å². The second-order valence-electron chi connectivity index (χ2n) is 5.34. The molecular weight excluding hydrogens is 214 g/mol. The monoisotopic (exact) mass is 235 g/mol. The number of rotatable bonds is 4. The smallest absolute Gasteiger partial charge is 0.268 e. The molecule has 2 atom stereocenters. The molecule has 0 spiro atoms. The maximum Gasteiger partial charge on any atom is 0.268 e. The van der Waals surface area contributed by atoms with Crippen molar-refractivity contribution in [3.05, 3.63) is 18.0 Å². The first-order valence-electron chi connectivity index (χ1n) is 6.24. The number of nitrogens with zero attached hydrogens (tertiary/aromatic N) is 1. The summed E-state index contributed by atoms with van der Waals surface area (Å²) in [7, 11) is 0. The molecule has 1 heterocycles. The van der Waals surface area contributed by atoms with E-state index < -0.39 is 0 Å². The lowest BCUT2D eigenvalue weighted by Crippen LogP contribution is -2.28. The molecule has 17 heavy (non-hydrogen) atoms. The summed E-state index contributed by atoms with van der Waals surface area (Å²) in [5.74, 6) is 1.41. The maximum absolute atomic E-state index is 12.0. The van der Waals surface area contributed by atoms with Crippen LogP contribution in [0.3, 0.4) is 0 Å². The molecule has 1 aromatic rings. The van der Waals surface area contributed by atoms with Gasteiger partial charge in [0.05, 0.1) is 5.69 Å². The highest BCUT2D eigenvalue weighted by Crippen LogP contribution is 2.36. The van der Waals surface area contributed by atoms with Crippen LogP contribution in [0.1, 0.15) is 43.7 Å². The van der Waals surface area contributed by atoms with Gasteiger partial charge in [0, 0.05) is 18.8 Å². The topological polar surface area (TPSA) is 60.1 Å². The molecule has 1 aromatic heterocycles. The Bertz CT molecular complexity index is 422. The van der Waals surface area contributed by atoms with Crippen molar-refractivity contribution in [2.45, 2.75) is 33.2 Å². The molecular formula is C13H21N3O. The van der Waals surface area contributed by atoms with E-state index in [1.165, 1.54) is 6.42 Å². The fourth-order valence-electron chi connectivity index (χ4n) is 2.11. The zero-order valence-electron chi connectivity index (χ0n) is 10.7. The molecule has 1 fully saturated rings. The molecule has 0 saturated heterocycles. The predicted molar refractivity (Wildman–Crippen MR) is 68.8 cm³/mol. The minimum atomic E-state index is -0.0190. The van der Waals surface area contributed by atoms with Crippen molar-refractivity contribution in [2.75, 3.05) is 12.3 Å². The first-order valence-corrected chi connectivity index (χ1v) is 6.24. The Labute approximate surface area is 102 Å².